The monoisotopic (exact) mass is 328 g/mol. The summed E-state index contributed by atoms with van der Waals surface area (Å²) in [5.74, 6) is 0.952. The molecule has 0 aliphatic heterocycles. The molecule has 1 atom stereocenters. The lowest BCUT2D eigenvalue weighted by molar-refractivity contribution is 0.0396. The first-order chi connectivity index (χ1) is 12.3. The van der Waals surface area contributed by atoms with Crippen molar-refractivity contribution < 1.29 is 14.3 Å². The maximum atomic E-state index is 12.5. The zero-order valence-electron chi connectivity index (χ0n) is 13.5. The molecule has 0 bridgehead atoms. The quantitative estimate of drug-likeness (QED) is 0.601. The maximum Gasteiger partial charge on any atom is 0.339 e. The number of benzene rings is 3. The molecule has 3 nitrogen and oxygen atoms in total. The first-order valence-corrected chi connectivity index (χ1v) is 8.11. The fraction of sp³-hybridized carbons (Fsp3) is 0.0455. The highest BCUT2D eigenvalue weighted by molar-refractivity contribution is 5.90. The fourth-order valence-corrected chi connectivity index (χ4v) is 2.81. The lowest BCUT2D eigenvalue weighted by Gasteiger charge is -2.13. The summed E-state index contributed by atoms with van der Waals surface area (Å²) in [4.78, 5) is 12.5. The van der Waals surface area contributed by atoms with Gasteiger partial charge < -0.3 is 9.47 Å². The molecular formula is C22H16O3. The number of esters is 1. The predicted octanol–water partition coefficient (Wildman–Crippen LogP) is 5.40. The van der Waals surface area contributed by atoms with Crippen molar-refractivity contribution in [2.75, 3.05) is 0 Å². The Morgan fingerprint density at radius 1 is 0.800 bits per heavy atom. The van der Waals surface area contributed by atoms with Crippen molar-refractivity contribution in [2.45, 2.75) is 6.10 Å². The molecule has 0 fully saturated rings. The maximum absolute atomic E-state index is 12.5. The summed E-state index contributed by atoms with van der Waals surface area (Å²) in [6, 6.07) is 24.4. The normalized spacial score (nSPS) is 14.8. The van der Waals surface area contributed by atoms with E-state index in [9.17, 15) is 4.79 Å². The molecule has 3 aromatic rings. The van der Waals surface area contributed by atoms with Crippen LogP contribution in [0.25, 0.3) is 6.08 Å². The number of carbonyl (C=O) groups is 1. The molecule has 122 valence electrons. The number of rotatable bonds is 4. The zero-order valence-corrected chi connectivity index (χ0v) is 13.5. The second-order valence-electron chi connectivity index (χ2n) is 5.76. The summed E-state index contributed by atoms with van der Waals surface area (Å²) in [6.45, 7) is 0. The standard InChI is InChI=1S/C22H16O3/c23-22(25-21-14-13-16-7-4-5-12-20(16)21)17-8-6-11-19(15-17)24-18-9-2-1-3-10-18/h1-15,21H. The predicted molar refractivity (Wildman–Crippen MR) is 96.6 cm³/mol. The van der Waals surface area contributed by atoms with Gasteiger partial charge in [-0.1, -0.05) is 54.6 Å². The molecule has 1 unspecified atom stereocenters. The lowest BCUT2D eigenvalue weighted by atomic mass is 10.1. The molecular weight excluding hydrogens is 312 g/mol. The Balaban J connectivity index is 1.50. The minimum Gasteiger partial charge on any atom is -0.457 e. The van der Waals surface area contributed by atoms with Crippen LogP contribution in [0.5, 0.6) is 11.5 Å². The van der Waals surface area contributed by atoms with E-state index in [1.165, 1.54) is 0 Å². The van der Waals surface area contributed by atoms with Gasteiger partial charge in [0.15, 0.2) is 0 Å². The lowest BCUT2D eigenvalue weighted by Crippen LogP contribution is -2.09. The molecule has 25 heavy (non-hydrogen) atoms. The van der Waals surface area contributed by atoms with Crippen LogP contribution in [-0.4, -0.2) is 5.97 Å². The highest BCUT2D eigenvalue weighted by atomic mass is 16.5. The number of fused-ring (bicyclic) bond motifs is 1. The van der Waals surface area contributed by atoms with Crippen molar-refractivity contribution in [3.8, 4) is 11.5 Å². The molecule has 1 aliphatic carbocycles. The summed E-state index contributed by atoms with van der Waals surface area (Å²) >= 11 is 0. The van der Waals surface area contributed by atoms with E-state index >= 15 is 0 Å². The van der Waals surface area contributed by atoms with E-state index in [1.807, 2.05) is 72.8 Å². The number of carbonyl (C=O) groups excluding carboxylic acids is 1. The summed E-state index contributed by atoms with van der Waals surface area (Å²) in [7, 11) is 0. The third-order valence-corrected chi connectivity index (χ3v) is 4.04. The van der Waals surface area contributed by atoms with Crippen LogP contribution in [0.1, 0.15) is 27.6 Å². The largest absolute Gasteiger partial charge is 0.457 e. The molecule has 0 saturated carbocycles. The minimum atomic E-state index is -0.370. The van der Waals surface area contributed by atoms with Crippen LogP contribution < -0.4 is 4.74 Å². The van der Waals surface area contributed by atoms with Crippen molar-refractivity contribution in [1.29, 1.82) is 0 Å². The van der Waals surface area contributed by atoms with Gasteiger partial charge in [0.1, 0.15) is 17.6 Å². The van der Waals surface area contributed by atoms with E-state index in [-0.39, 0.29) is 12.1 Å². The molecule has 0 N–H and O–H groups in total. The molecule has 0 saturated heterocycles. The second-order valence-corrected chi connectivity index (χ2v) is 5.76. The Labute approximate surface area is 146 Å². The van der Waals surface area contributed by atoms with E-state index in [0.29, 0.717) is 11.3 Å². The van der Waals surface area contributed by atoms with Gasteiger partial charge in [-0.05, 0) is 42.0 Å². The Hall–Kier alpha value is -3.33. The number of para-hydroxylation sites is 1. The Bertz CT molecular complexity index is 929. The highest BCUT2D eigenvalue weighted by Crippen LogP contribution is 2.31. The average molecular weight is 328 g/mol. The average Bonchev–Trinajstić information content (AvgIpc) is 3.06. The van der Waals surface area contributed by atoms with Gasteiger partial charge in [-0.3, -0.25) is 0 Å². The van der Waals surface area contributed by atoms with E-state index < -0.39 is 0 Å². The van der Waals surface area contributed by atoms with E-state index in [0.717, 1.165) is 16.9 Å². The molecule has 0 spiro atoms. The van der Waals surface area contributed by atoms with Gasteiger partial charge in [0.2, 0.25) is 0 Å². The van der Waals surface area contributed by atoms with Crippen molar-refractivity contribution in [3.63, 3.8) is 0 Å². The van der Waals surface area contributed by atoms with Gasteiger partial charge in [0.25, 0.3) is 0 Å². The molecule has 0 aromatic heterocycles. The fourth-order valence-electron chi connectivity index (χ4n) is 2.81. The van der Waals surface area contributed by atoms with E-state index in [2.05, 4.69) is 0 Å². The molecule has 4 rings (SSSR count). The van der Waals surface area contributed by atoms with E-state index in [1.54, 1.807) is 18.2 Å². The van der Waals surface area contributed by atoms with Crippen molar-refractivity contribution in [1.82, 2.24) is 0 Å². The van der Waals surface area contributed by atoms with Crippen LogP contribution in [0.2, 0.25) is 0 Å². The van der Waals surface area contributed by atoms with Gasteiger partial charge in [-0.25, -0.2) is 4.79 Å². The first-order valence-electron chi connectivity index (χ1n) is 8.11. The van der Waals surface area contributed by atoms with Gasteiger partial charge in [0.05, 0.1) is 5.56 Å². The third kappa shape index (κ3) is 3.31. The topological polar surface area (TPSA) is 35.5 Å². The van der Waals surface area contributed by atoms with Crippen molar-refractivity contribution in [3.05, 3.63) is 102 Å². The molecule has 0 heterocycles. The zero-order chi connectivity index (χ0) is 17.1. The van der Waals surface area contributed by atoms with Crippen LogP contribution in [0, 0.1) is 0 Å². The molecule has 1 aliphatic rings. The van der Waals surface area contributed by atoms with Crippen LogP contribution in [0.4, 0.5) is 0 Å². The van der Waals surface area contributed by atoms with Gasteiger partial charge >= 0.3 is 5.97 Å². The van der Waals surface area contributed by atoms with Crippen LogP contribution in [-0.2, 0) is 4.74 Å². The summed E-state index contributed by atoms with van der Waals surface area (Å²) in [6.07, 6.45) is 3.53. The van der Waals surface area contributed by atoms with Gasteiger partial charge in [-0.15, -0.1) is 0 Å². The Morgan fingerprint density at radius 3 is 2.44 bits per heavy atom. The van der Waals surface area contributed by atoms with Crippen LogP contribution in [0.15, 0.2) is 84.9 Å². The van der Waals surface area contributed by atoms with Crippen molar-refractivity contribution in [2.24, 2.45) is 0 Å². The second kappa shape index (κ2) is 6.65. The van der Waals surface area contributed by atoms with Crippen LogP contribution >= 0.6 is 0 Å². The summed E-state index contributed by atoms with van der Waals surface area (Å²) in [5.41, 5.74) is 2.56. The Kier molecular flexibility index (Phi) is 4.05. The molecule has 3 aromatic carbocycles. The Morgan fingerprint density at radius 2 is 1.56 bits per heavy atom. The number of hydrogen-bond acceptors (Lipinski definition) is 3. The number of ether oxygens (including phenoxy) is 2. The minimum absolute atomic E-state index is 0.345. The first kappa shape index (κ1) is 15.2. The van der Waals surface area contributed by atoms with E-state index in [4.69, 9.17) is 9.47 Å². The highest BCUT2D eigenvalue weighted by Gasteiger charge is 2.21. The van der Waals surface area contributed by atoms with Crippen LogP contribution in [0.3, 0.4) is 0 Å². The molecule has 0 radical (unpaired) electrons. The van der Waals surface area contributed by atoms with Gasteiger partial charge in [0, 0.05) is 5.56 Å². The smallest absolute Gasteiger partial charge is 0.339 e. The molecule has 0 amide bonds. The van der Waals surface area contributed by atoms with Gasteiger partial charge in [-0.2, -0.15) is 0 Å². The van der Waals surface area contributed by atoms with Crippen molar-refractivity contribution >= 4 is 12.0 Å². The third-order valence-electron chi connectivity index (χ3n) is 4.04. The molecule has 3 heteroatoms. The SMILES string of the molecule is O=C(OC1C=Cc2ccccc21)c1cccc(Oc2ccccc2)c1. The number of hydrogen-bond donors (Lipinski definition) is 0. The summed E-state index contributed by atoms with van der Waals surface area (Å²) in [5, 5.41) is 0. The summed E-state index contributed by atoms with van der Waals surface area (Å²) < 4.78 is 11.4.